The third kappa shape index (κ3) is 3.51. The second-order valence-corrected chi connectivity index (χ2v) is 5.29. The zero-order valence-electron chi connectivity index (χ0n) is 13.9. The maximum absolute atomic E-state index is 5.45. The molecule has 1 heterocycles. The summed E-state index contributed by atoms with van der Waals surface area (Å²) in [7, 11) is 0. The van der Waals surface area contributed by atoms with Crippen molar-refractivity contribution >= 4 is 22.8 Å². The zero-order chi connectivity index (χ0) is 16.8. The van der Waals surface area contributed by atoms with E-state index in [4.69, 9.17) is 4.84 Å². The van der Waals surface area contributed by atoms with Crippen LogP contribution in [0, 0.1) is 0 Å². The van der Waals surface area contributed by atoms with Crippen molar-refractivity contribution in [3.8, 4) is 5.88 Å². The summed E-state index contributed by atoms with van der Waals surface area (Å²) in [5.41, 5.74) is 3.02. The van der Waals surface area contributed by atoms with E-state index < -0.39 is 0 Å². The van der Waals surface area contributed by atoms with E-state index in [2.05, 4.69) is 46.0 Å². The number of fused-ring (bicyclic) bond motifs is 1. The van der Waals surface area contributed by atoms with E-state index in [0.717, 1.165) is 29.6 Å². The van der Waals surface area contributed by atoms with Gasteiger partial charge in [0.1, 0.15) is 6.33 Å². The van der Waals surface area contributed by atoms with Crippen molar-refractivity contribution in [1.29, 1.82) is 0 Å². The van der Waals surface area contributed by atoms with Crippen LogP contribution in [-0.4, -0.2) is 29.3 Å². The monoisotopic (exact) mass is 320 g/mol. The van der Waals surface area contributed by atoms with E-state index in [0.29, 0.717) is 5.88 Å². The second kappa shape index (κ2) is 7.55. The van der Waals surface area contributed by atoms with E-state index in [1.54, 1.807) is 6.21 Å². The van der Waals surface area contributed by atoms with Gasteiger partial charge in [0.15, 0.2) is 0 Å². The van der Waals surface area contributed by atoms with E-state index in [1.807, 2.05) is 36.4 Å². The van der Waals surface area contributed by atoms with Gasteiger partial charge in [0.05, 0.1) is 17.1 Å². The summed E-state index contributed by atoms with van der Waals surface area (Å²) >= 11 is 0. The Morgan fingerprint density at radius 2 is 1.75 bits per heavy atom. The minimum atomic E-state index is 0.455. The van der Waals surface area contributed by atoms with Crippen molar-refractivity contribution in [1.82, 2.24) is 9.97 Å². The van der Waals surface area contributed by atoms with Gasteiger partial charge in [0.2, 0.25) is 0 Å². The van der Waals surface area contributed by atoms with Crippen molar-refractivity contribution in [2.24, 2.45) is 5.16 Å². The minimum Gasteiger partial charge on any atom is -0.372 e. The molecule has 0 atom stereocenters. The van der Waals surface area contributed by atoms with E-state index in [9.17, 15) is 0 Å². The molecule has 0 aliphatic carbocycles. The SMILES string of the molecule is CCN(CC)c1ccc(/C=N/Oc2ncnc3ccccc23)cc1. The first-order chi connectivity index (χ1) is 11.8. The van der Waals surface area contributed by atoms with Gasteiger partial charge in [0, 0.05) is 18.8 Å². The van der Waals surface area contributed by atoms with Gasteiger partial charge in [-0.3, -0.25) is 0 Å². The first-order valence-electron chi connectivity index (χ1n) is 8.07. The Labute approximate surface area is 141 Å². The van der Waals surface area contributed by atoms with Crippen LogP contribution in [-0.2, 0) is 0 Å². The molecular formula is C19H20N4O. The quantitative estimate of drug-likeness (QED) is 0.511. The molecule has 0 saturated carbocycles. The molecule has 0 unspecified atom stereocenters. The van der Waals surface area contributed by atoms with Crippen LogP contribution < -0.4 is 9.74 Å². The Morgan fingerprint density at radius 3 is 2.50 bits per heavy atom. The third-order valence-electron chi connectivity index (χ3n) is 3.87. The predicted molar refractivity (Wildman–Crippen MR) is 97.8 cm³/mol. The molecule has 0 bridgehead atoms. The molecule has 0 N–H and O–H groups in total. The number of benzene rings is 2. The van der Waals surface area contributed by atoms with Crippen LogP contribution >= 0.6 is 0 Å². The topological polar surface area (TPSA) is 50.6 Å². The smallest absolute Gasteiger partial charge is 0.259 e. The molecule has 0 amide bonds. The summed E-state index contributed by atoms with van der Waals surface area (Å²) in [6.07, 6.45) is 3.16. The van der Waals surface area contributed by atoms with Crippen LogP contribution in [0.5, 0.6) is 5.88 Å². The fourth-order valence-electron chi connectivity index (χ4n) is 2.55. The number of rotatable bonds is 6. The maximum Gasteiger partial charge on any atom is 0.259 e. The molecule has 3 rings (SSSR count). The first kappa shape index (κ1) is 15.9. The summed E-state index contributed by atoms with van der Waals surface area (Å²) in [5, 5.41) is 4.89. The average Bonchev–Trinajstić information content (AvgIpc) is 2.64. The summed E-state index contributed by atoms with van der Waals surface area (Å²) in [6.45, 7) is 6.29. The van der Waals surface area contributed by atoms with Crippen molar-refractivity contribution in [2.75, 3.05) is 18.0 Å². The Kier molecular flexibility index (Phi) is 5.01. The molecule has 5 heteroatoms. The van der Waals surface area contributed by atoms with Gasteiger partial charge in [0.25, 0.3) is 5.88 Å². The fourth-order valence-corrected chi connectivity index (χ4v) is 2.55. The molecule has 24 heavy (non-hydrogen) atoms. The zero-order valence-corrected chi connectivity index (χ0v) is 13.9. The second-order valence-electron chi connectivity index (χ2n) is 5.29. The molecular weight excluding hydrogens is 300 g/mol. The highest BCUT2D eigenvalue weighted by Gasteiger charge is 2.03. The number of oxime groups is 1. The van der Waals surface area contributed by atoms with Gasteiger partial charge in [-0.2, -0.15) is 4.98 Å². The number of aromatic nitrogens is 2. The van der Waals surface area contributed by atoms with Gasteiger partial charge in [-0.15, -0.1) is 0 Å². The van der Waals surface area contributed by atoms with Crippen molar-refractivity contribution in [2.45, 2.75) is 13.8 Å². The van der Waals surface area contributed by atoms with Crippen molar-refractivity contribution in [3.63, 3.8) is 0 Å². The van der Waals surface area contributed by atoms with Crippen molar-refractivity contribution in [3.05, 3.63) is 60.4 Å². The first-order valence-corrected chi connectivity index (χ1v) is 8.07. The van der Waals surface area contributed by atoms with Gasteiger partial charge >= 0.3 is 0 Å². The average molecular weight is 320 g/mol. The van der Waals surface area contributed by atoms with Crippen LogP contribution in [0.1, 0.15) is 19.4 Å². The summed E-state index contributed by atoms with van der Waals surface area (Å²) in [6, 6.07) is 15.9. The van der Waals surface area contributed by atoms with E-state index in [-0.39, 0.29) is 0 Å². The maximum atomic E-state index is 5.45. The number of hydrogen-bond donors (Lipinski definition) is 0. The Hall–Kier alpha value is -2.95. The number of para-hydroxylation sites is 1. The normalized spacial score (nSPS) is 11.1. The van der Waals surface area contributed by atoms with Gasteiger partial charge in [-0.1, -0.05) is 29.4 Å². The van der Waals surface area contributed by atoms with Crippen LogP contribution in [0.3, 0.4) is 0 Å². The van der Waals surface area contributed by atoms with Crippen molar-refractivity contribution < 1.29 is 4.84 Å². The van der Waals surface area contributed by atoms with Gasteiger partial charge < -0.3 is 9.74 Å². The highest BCUT2D eigenvalue weighted by atomic mass is 16.6. The standard InChI is InChI=1S/C19H20N4O/c1-3-23(4-2)16-11-9-15(10-12-16)13-22-24-19-17-7-5-6-8-18(17)20-14-21-19/h5-14H,3-4H2,1-2H3/b22-13+. The van der Waals surface area contributed by atoms with E-state index >= 15 is 0 Å². The molecule has 2 aromatic carbocycles. The molecule has 0 radical (unpaired) electrons. The minimum absolute atomic E-state index is 0.455. The van der Waals surface area contributed by atoms with Crippen LogP contribution in [0.2, 0.25) is 0 Å². The number of nitrogens with zero attached hydrogens (tertiary/aromatic N) is 4. The van der Waals surface area contributed by atoms with Gasteiger partial charge in [-0.25, -0.2) is 4.98 Å². The Bertz CT molecular complexity index is 821. The lowest BCUT2D eigenvalue weighted by Crippen LogP contribution is -2.21. The molecule has 1 aromatic heterocycles. The molecule has 0 spiro atoms. The third-order valence-corrected chi connectivity index (χ3v) is 3.87. The predicted octanol–water partition coefficient (Wildman–Crippen LogP) is 3.89. The highest BCUT2D eigenvalue weighted by molar-refractivity contribution is 5.83. The Morgan fingerprint density at radius 1 is 1.00 bits per heavy atom. The molecule has 0 aliphatic heterocycles. The van der Waals surface area contributed by atoms with Crippen LogP contribution in [0.25, 0.3) is 10.9 Å². The molecule has 0 aliphatic rings. The lowest BCUT2D eigenvalue weighted by Gasteiger charge is -2.20. The molecule has 5 nitrogen and oxygen atoms in total. The molecule has 3 aromatic rings. The molecule has 0 saturated heterocycles. The summed E-state index contributed by atoms with van der Waals surface area (Å²) in [4.78, 5) is 16.1. The molecule has 0 fully saturated rings. The Balaban J connectivity index is 1.72. The lowest BCUT2D eigenvalue weighted by atomic mass is 10.2. The van der Waals surface area contributed by atoms with E-state index in [1.165, 1.54) is 12.0 Å². The highest BCUT2D eigenvalue weighted by Crippen LogP contribution is 2.20. The number of hydrogen-bond acceptors (Lipinski definition) is 5. The largest absolute Gasteiger partial charge is 0.372 e. The number of anilines is 1. The van der Waals surface area contributed by atoms with Crippen LogP contribution in [0.4, 0.5) is 5.69 Å². The lowest BCUT2D eigenvalue weighted by molar-refractivity contribution is 0.334. The molecule has 122 valence electrons. The fraction of sp³-hybridized carbons (Fsp3) is 0.211. The van der Waals surface area contributed by atoms with Crippen LogP contribution in [0.15, 0.2) is 60.0 Å². The summed E-state index contributed by atoms with van der Waals surface area (Å²) in [5.74, 6) is 0.455. The summed E-state index contributed by atoms with van der Waals surface area (Å²) < 4.78 is 0. The van der Waals surface area contributed by atoms with Gasteiger partial charge in [-0.05, 0) is 43.7 Å².